The van der Waals surface area contributed by atoms with Crippen LogP contribution in [0, 0.1) is 5.92 Å². The van der Waals surface area contributed by atoms with Crippen molar-refractivity contribution in [3.05, 3.63) is 65.7 Å². The number of methoxy groups -OCH3 is 1. The molecule has 2 aromatic rings. The number of piperidine rings is 1. The number of piperazine rings is 1. The van der Waals surface area contributed by atoms with Crippen molar-refractivity contribution in [3.63, 3.8) is 0 Å². The van der Waals surface area contributed by atoms with Gasteiger partial charge in [-0.25, -0.2) is 0 Å². The van der Waals surface area contributed by atoms with Crippen molar-refractivity contribution in [2.75, 3.05) is 46.4 Å². The highest BCUT2D eigenvalue weighted by Crippen LogP contribution is 2.22. The second-order valence-corrected chi connectivity index (χ2v) is 9.12. The first kappa shape index (κ1) is 23.3. The number of hydrogen-bond acceptors (Lipinski definition) is 4. The van der Waals surface area contributed by atoms with Crippen molar-refractivity contribution >= 4 is 11.8 Å². The third-order valence-corrected chi connectivity index (χ3v) is 6.81. The summed E-state index contributed by atoms with van der Waals surface area (Å²) in [6, 6.07) is 18.5. The molecule has 6 nitrogen and oxygen atoms in total. The summed E-state index contributed by atoms with van der Waals surface area (Å²) in [5.41, 5.74) is 2.52. The third kappa shape index (κ3) is 6.35. The number of carbonyl (C=O) groups excluding carboxylic acids is 2. The number of nitrogens with zero attached hydrogens (tertiary/aromatic N) is 3. The molecule has 4 rings (SSSR count). The number of hydrogen-bond donors (Lipinski definition) is 0. The molecule has 2 amide bonds. The van der Waals surface area contributed by atoms with E-state index in [4.69, 9.17) is 4.74 Å². The van der Waals surface area contributed by atoms with Crippen molar-refractivity contribution in [1.29, 1.82) is 0 Å². The highest BCUT2D eigenvalue weighted by atomic mass is 16.5. The molecule has 0 aromatic heterocycles. The summed E-state index contributed by atoms with van der Waals surface area (Å²) in [6.07, 6.45) is 3.05. The largest absolute Gasteiger partial charge is 0.497 e. The fourth-order valence-corrected chi connectivity index (χ4v) is 4.86. The highest BCUT2D eigenvalue weighted by molar-refractivity contribution is 5.84. The topological polar surface area (TPSA) is 53.1 Å². The predicted molar refractivity (Wildman–Crippen MR) is 129 cm³/mol. The zero-order valence-electron chi connectivity index (χ0n) is 19.6. The summed E-state index contributed by atoms with van der Waals surface area (Å²) in [7, 11) is 1.69. The van der Waals surface area contributed by atoms with Crippen LogP contribution in [0.25, 0.3) is 0 Å². The quantitative estimate of drug-likeness (QED) is 0.621. The first-order chi connectivity index (χ1) is 16.1. The van der Waals surface area contributed by atoms with Crippen molar-refractivity contribution in [1.82, 2.24) is 14.7 Å². The molecular formula is C27H35N3O3. The number of likely N-dealkylation sites (tertiary alicyclic amines) is 1. The number of ether oxygens (including phenoxy) is 1. The van der Waals surface area contributed by atoms with E-state index in [1.165, 1.54) is 11.1 Å². The number of amides is 2. The van der Waals surface area contributed by atoms with E-state index in [9.17, 15) is 9.59 Å². The van der Waals surface area contributed by atoms with Crippen LogP contribution in [0.5, 0.6) is 5.75 Å². The maximum absolute atomic E-state index is 13.2. The Kier molecular flexibility index (Phi) is 8.00. The number of carbonyl (C=O) groups is 2. The van der Waals surface area contributed by atoms with Gasteiger partial charge in [-0.05, 0) is 42.5 Å². The minimum Gasteiger partial charge on any atom is -0.497 e. The van der Waals surface area contributed by atoms with Gasteiger partial charge in [-0.1, -0.05) is 42.5 Å². The van der Waals surface area contributed by atoms with Crippen molar-refractivity contribution in [2.24, 2.45) is 5.92 Å². The lowest BCUT2D eigenvalue weighted by Gasteiger charge is -2.39. The summed E-state index contributed by atoms with van der Waals surface area (Å²) < 4.78 is 5.32. The Hall–Kier alpha value is -2.86. The van der Waals surface area contributed by atoms with Gasteiger partial charge in [-0.15, -0.1) is 0 Å². The normalized spacial score (nSPS) is 19.5. The molecule has 1 atom stereocenters. The summed E-state index contributed by atoms with van der Waals surface area (Å²) in [5.74, 6) is 1.22. The molecule has 0 spiro atoms. The molecule has 0 radical (unpaired) electrons. The summed E-state index contributed by atoms with van der Waals surface area (Å²) in [5, 5.41) is 0. The number of rotatable bonds is 8. The SMILES string of the molecule is COc1cccc(CN2CCN(C(=O)[C@@H]3CCC(=O)N(CCCc4ccccc4)C3)CC2)c1. The van der Waals surface area contributed by atoms with Crippen LogP contribution in [0.2, 0.25) is 0 Å². The van der Waals surface area contributed by atoms with Crippen LogP contribution in [0.4, 0.5) is 0 Å². The minimum atomic E-state index is -0.0654. The lowest BCUT2D eigenvalue weighted by atomic mass is 9.95. The molecule has 0 unspecified atom stereocenters. The molecule has 176 valence electrons. The molecule has 0 N–H and O–H groups in total. The fourth-order valence-electron chi connectivity index (χ4n) is 4.86. The van der Waals surface area contributed by atoms with E-state index in [0.29, 0.717) is 19.4 Å². The molecule has 6 heteroatoms. The van der Waals surface area contributed by atoms with E-state index in [1.54, 1.807) is 7.11 Å². The summed E-state index contributed by atoms with van der Waals surface area (Å²) >= 11 is 0. The van der Waals surface area contributed by atoms with Crippen LogP contribution in [-0.2, 0) is 22.6 Å². The third-order valence-electron chi connectivity index (χ3n) is 6.81. The van der Waals surface area contributed by atoms with Crippen LogP contribution in [-0.4, -0.2) is 72.9 Å². The Morgan fingerprint density at radius 2 is 1.76 bits per heavy atom. The van der Waals surface area contributed by atoms with Crippen molar-refractivity contribution < 1.29 is 14.3 Å². The molecule has 2 aliphatic heterocycles. The zero-order valence-corrected chi connectivity index (χ0v) is 19.6. The Morgan fingerprint density at radius 3 is 2.52 bits per heavy atom. The van der Waals surface area contributed by atoms with E-state index in [2.05, 4.69) is 29.2 Å². The van der Waals surface area contributed by atoms with Gasteiger partial charge in [0.1, 0.15) is 5.75 Å². The van der Waals surface area contributed by atoms with Gasteiger partial charge >= 0.3 is 0 Å². The van der Waals surface area contributed by atoms with Crippen molar-refractivity contribution in [2.45, 2.75) is 32.2 Å². The average molecular weight is 450 g/mol. The highest BCUT2D eigenvalue weighted by Gasteiger charge is 2.33. The lowest BCUT2D eigenvalue weighted by molar-refractivity contribution is -0.144. The van der Waals surface area contributed by atoms with Crippen LogP contribution < -0.4 is 4.74 Å². The second-order valence-electron chi connectivity index (χ2n) is 9.12. The molecule has 0 saturated carbocycles. The van der Waals surface area contributed by atoms with E-state index in [-0.39, 0.29) is 17.7 Å². The summed E-state index contributed by atoms with van der Waals surface area (Å²) in [4.78, 5) is 31.9. The van der Waals surface area contributed by atoms with Crippen LogP contribution in [0.1, 0.15) is 30.4 Å². The molecule has 2 fully saturated rings. The monoisotopic (exact) mass is 449 g/mol. The maximum atomic E-state index is 13.2. The van der Waals surface area contributed by atoms with Gasteiger partial charge in [0.2, 0.25) is 11.8 Å². The molecule has 2 aliphatic rings. The van der Waals surface area contributed by atoms with Gasteiger partial charge in [0, 0.05) is 52.2 Å². The fraction of sp³-hybridized carbons (Fsp3) is 0.481. The van der Waals surface area contributed by atoms with Gasteiger partial charge < -0.3 is 14.5 Å². The molecular weight excluding hydrogens is 414 g/mol. The first-order valence-electron chi connectivity index (χ1n) is 12.1. The molecule has 2 aromatic carbocycles. The van der Waals surface area contributed by atoms with Gasteiger partial charge in [0.05, 0.1) is 13.0 Å². The molecule has 2 saturated heterocycles. The second kappa shape index (κ2) is 11.3. The van der Waals surface area contributed by atoms with E-state index in [0.717, 1.165) is 57.9 Å². The number of aryl methyl sites for hydroxylation is 1. The standard InChI is InChI=1S/C27H35N3O3/c1-33-25-11-5-9-23(19-25)20-28-15-17-29(18-16-28)27(32)24-12-13-26(31)30(21-24)14-6-10-22-7-3-2-4-8-22/h2-5,7-9,11,19,24H,6,10,12-18,20-21H2,1H3/t24-/m1/s1. The minimum absolute atomic E-state index is 0.0654. The van der Waals surface area contributed by atoms with E-state index >= 15 is 0 Å². The zero-order chi connectivity index (χ0) is 23.0. The first-order valence-corrected chi connectivity index (χ1v) is 12.1. The van der Waals surface area contributed by atoms with Crippen molar-refractivity contribution in [3.8, 4) is 5.75 Å². The number of benzene rings is 2. The summed E-state index contributed by atoms with van der Waals surface area (Å²) in [6.45, 7) is 5.40. The molecule has 33 heavy (non-hydrogen) atoms. The Bertz CT molecular complexity index is 925. The maximum Gasteiger partial charge on any atom is 0.227 e. The van der Waals surface area contributed by atoms with Crippen LogP contribution >= 0.6 is 0 Å². The molecule has 0 aliphatic carbocycles. The lowest BCUT2D eigenvalue weighted by Crippen LogP contribution is -2.53. The van der Waals surface area contributed by atoms with Gasteiger partial charge in [0.15, 0.2) is 0 Å². The van der Waals surface area contributed by atoms with Crippen LogP contribution in [0.15, 0.2) is 54.6 Å². The van der Waals surface area contributed by atoms with E-state index in [1.807, 2.05) is 40.1 Å². The smallest absolute Gasteiger partial charge is 0.227 e. The molecule has 2 heterocycles. The van der Waals surface area contributed by atoms with Gasteiger partial charge in [0.25, 0.3) is 0 Å². The van der Waals surface area contributed by atoms with Gasteiger partial charge in [-0.2, -0.15) is 0 Å². The van der Waals surface area contributed by atoms with Crippen LogP contribution in [0.3, 0.4) is 0 Å². The van der Waals surface area contributed by atoms with Gasteiger partial charge in [-0.3, -0.25) is 14.5 Å². The predicted octanol–water partition coefficient (Wildman–Crippen LogP) is 3.21. The average Bonchev–Trinajstić information content (AvgIpc) is 2.86. The molecule has 0 bridgehead atoms. The van der Waals surface area contributed by atoms with E-state index < -0.39 is 0 Å². The Morgan fingerprint density at radius 1 is 1.00 bits per heavy atom. The Labute approximate surface area is 197 Å². The Balaban J connectivity index is 1.23.